The highest BCUT2D eigenvalue weighted by molar-refractivity contribution is 5.69. The van der Waals surface area contributed by atoms with Gasteiger partial charge in [-0.25, -0.2) is 0 Å². The van der Waals surface area contributed by atoms with Crippen molar-refractivity contribution in [2.75, 3.05) is 11.1 Å². The average Bonchev–Trinajstić information content (AvgIpc) is 2.38. The van der Waals surface area contributed by atoms with E-state index in [2.05, 4.69) is 31.3 Å². The Hall–Kier alpha value is -2.16. The van der Waals surface area contributed by atoms with Crippen LogP contribution in [0.4, 0.5) is 17.1 Å². The van der Waals surface area contributed by atoms with Crippen LogP contribution < -0.4 is 15.8 Å². The standard InChI is InChI=1S/C17H22N2O/c1-11(2)20-17-10-14(8-9-15(17)18)19-16-7-5-6-12(3)13(16)4/h5-11,19H,18H2,1-4H3. The zero-order valence-electron chi connectivity index (χ0n) is 12.5. The molecule has 0 unspecified atom stereocenters. The van der Waals surface area contributed by atoms with E-state index in [1.165, 1.54) is 11.1 Å². The van der Waals surface area contributed by atoms with Crippen molar-refractivity contribution in [2.45, 2.75) is 33.8 Å². The summed E-state index contributed by atoms with van der Waals surface area (Å²) >= 11 is 0. The van der Waals surface area contributed by atoms with E-state index in [1.54, 1.807) is 0 Å². The van der Waals surface area contributed by atoms with Gasteiger partial charge in [0.1, 0.15) is 5.75 Å². The van der Waals surface area contributed by atoms with E-state index in [0.717, 1.165) is 17.1 Å². The summed E-state index contributed by atoms with van der Waals surface area (Å²) < 4.78 is 5.71. The first kappa shape index (κ1) is 14.3. The van der Waals surface area contributed by atoms with Gasteiger partial charge in [-0.3, -0.25) is 0 Å². The quantitative estimate of drug-likeness (QED) is 0.809. The van der Waals surface area contributed by atoms with Crippen LogP contribution >= 0.6 is 0 Å². The molecule has 0 atom stereocenters. The van der Waals surface area contributed by atoms with Gasteiger partial charge in [0.2, 0.25) is 0 Å². The van der Waals surface area contributed by atoms with E-state index in [1.807, 2.05) is 38.1 Å². The van der Waals surface area contributed by atoms with Gasteiger partial charge < -0.3 is 15.8 Å². The molecule has 2 rings (SSSR count). The minimum Gasteiger partial charge on any atom is -0.489 e. The van der Waals surface area contributed by atoms with E-state index in [0.29, 0.717) is 5.69 Å². The Morgan fingerprint density at radius 1 is 1.10 bits per heavy atom. The van der Waals surface area contributed by atoms with Crippen molar-refractivity contribution >= 4 is 17.1 Å². The molecule has 0 amide bonds. The summed E-state index contributed by atoms with van der Waals surface area (Å²) in [6.45, 7) is 8.20. The molecule has 0 saturated heterocycles. The maximum Gasteiger partial charge on any atom is 0.144 e. The molecule has 0 saturated carbocycles. The van der Waals surface area contributed by atoms with E-state index in [-0.39, 0.29) is 6.10 Å². The molecule has 0 bridgehead atoms. The van der Waals surface area contributed by atoms with Gasteiger partial charge in [-0.2, -0.15) is 0 Å². The molecule has 0 radical (unpaired) electrons. The van der Waals surface area contributed by atoms with Crippen molar-refractivity contribution in [3.8, 4) is 5.75 Å². The minimum atomic E-state index is 0.105. The summed E-state index contributed by atoms with van der Waals surface area (Å²) in [7, 11) is 0. The van der Waals surface area contributed by atoms with Gasteiger partial charge in [-0.05, 0) is 57.0 Å². The van der Waals surface area contributed by atoms with Gasteiger partial charge in [0.05, 0.1) is 11.8 Å². The summed E-state index contributed by atoms with van der Waals surface area (Å²) in [4.78, 5) is 0. The summed E-state index contributed by atoms with van der Waals surface area (Å²) in [5.74, 6) is 0.718. The van der Waals surface area contributed by atoms with Crippen molar-refractivity contribution in [2.24, 2.45) is 0 Å². The topological polar surface area (TPSA) is 47.3 Å². The molecule has 0 aromatic heterocycles. The van der Waals surface area contributed by atoms with Crippen LogP contribution in [0.2, 0.25) is 0 Å². The molecule has 0 spiro atoms. The molecule has 20 heavy (non-hydrogen) atoms. The van der Waals surface area contributed by atoms with Gasteiger partial charge in [-0.15, -0.1) is 0 Å². The third kappa shape index (κ3) is 3.23. The third-order valence-corrected chi connectivity index (χ3v) is 3.26. The maximum atomic E-state index is 5.93. The number of nitrogen functional groups attached to an aromatic ring is 1. The molecule has 0 aliphatic carbocycles. The van der Waals surface area contributed by atoms with Crippen LogP contribution in [0.15, 0.2) is 36.4 Å². The number of hydrogen-bond acceptors (Lipinski definition) is 3. The van der Waals surface area contributed by atoms with Crippen LogP contribution in [0.5, 0.6) is 5.75 Å². The normalized spacial score (nSPS) is 10.7. The fourth-order valence-corrected chi connectivity index (χ4v) is 2.01. The lowest BCUT2D eigenvalue weighted by atomic mass is 10.1. The number of ether oxygens (including phenoxy) is 1. The lowest BCUT2D eigenvalue weighted by Crippen LogP contribution is -2.07. The fraction of sp³-hybridized carbons (Fsp3) is 0.294. The molecule has 106 valence electrons. The number of aryl methyl sites for hydroxylation is 1. The molecule has 0 fully saturated rings. The van der Waals surface area contributed by atoms with Crippen LogP contribution in [0.25, 0.3) is 0 Å². The SMILES string of the molecule is Cc1cccc(Nc2ccc(N)c(OC(C)C)c2)c1C. The van der Waals surface area contributed by atoms with E-state index in [4.69, 9.17) is 10.5 Å². The molecule has 2 aromatic rings. The number of nitrogens with two attached hydrogens (primary N) is 1. The van der Waals surface area contributed by atoms with Gasteiger partial charge in [0.25, 0.3) is 0 Å². The van der Waals surface area contributed by atoms with Crippen LogP contribution in [-0.4, -0.2) is 6.10 Å². The summed E-state index contributed by atoms with van der Waals surface area (Å²) in [6.07, 6.45) is 0.105. The number of rotatable bonds is 4. The van der Waals surface area contributed by atoms with Gasteiger partial charge >= 0.3 is 0 Å². The smallest absolute Gasteiger partial charge is 0.144 e. The molecular formula is C17H22N2O. The first-order valence-corrected chi connectivity index (χ1v) is 6.87. The van der Waals surface area contributed by atoms with E-state index >= 15 is 0 Å². The van der Waals surface area contributed by atoms with Crippen LogP contribution in [0.1, 0.15) is 25.0 Å². The Morgan fingerprint density at radius 2 is 1.85 bits per heavy atom. The monoisotopic (exact) mass is 270 g/mol. The van der Waals surface area contributed by atoms with Gasteiger partial charge in [0, 0.05) is 17.4 Å². The van der Waals surface area contributed by atoms with E-state index in [9.17, 15) is 0 Å². The van der Waals surface area contributed by atoms with Gasteiger partial charge in [-0.1, -0.05) is 12.1 Å². The molecular weight excluding hydrogens is 248 g/mol. The zero-order chi connectivity index (χ0) is 14.7. The van der Waals surface area contributed by atoms with Crippen LogP contribution in [0, 0.1) is 13.8 Å². The van der Waals surface area contributed by atoms with Crippen LogP contribution in [0.3, 0.4) is 0 Å². The van der Waals surface area contributed by atoms with Gasteiger partial charge in [0.15, 0.2) is 0 Å². The average molecular weight is 270 g/mol. The molecule has 0 heterocycles. The van der Waals surface area contributed by atoms with Crippen molar-refractivity contribution < 1.29 is 4.74 Å². The van der Waals surface area contributed by atoms with Crippen LogP contribution in [-0.2, 0) is 0 Å². The highest BCUT2D eigenvalue weighted by atomic mass is 16.5. The Bertz CT molecular complexity index is 606. The van der Waals surface area contributed by atoms with Crippen molar-refractivity contribution in [3.05, 3.63) is 47.5 Å². The lowest BCUT2D eigenvalue weighted by molar-refractivity contribution is 0.244. The summed E-state index contributed by atoms with van der Waals surface area (Å²) in [6, 6.07) is 12.0. The summed E-state index contributed by atoms with van der Waals surface area (Å²) in [5.41, 5.74) is 11.2. The highest BCUT2D eigenvalue weighted by Gasteiger charge is 2.06. The second kappa shape index (κ2) is 5.87. The Balaban J connectivity index is 2.27. The second-order valence-corrected chi connectivity index (χ2v) is 5.29. The predicted octanol–water partition coefficient (Wildman–Crippen LogP) is 4.42. The molecule has 3 heteroatoms. The number of anilines is 3. The largest absolute Gasteiger partial charge is 0.489 e. The predicted molar refractivity (Wildman–Crippen MR) is 85.8 cm³/mol. The molecule has 0 aliphatic heterocycles. The molecule has 0 aliphatic rings. The zero-order valence-corrected chi connectivity index (χ0v) is 12.5. The molecule has 3 N–H and O–H groups in total. The molecule has 2 aromatic carbocycles. The Morgan fingerprint density at radius 3 is 2.55 bits per heavy atom. The first-order chi connectivity index (χ1) is 9.47. The third-order valence-electron chi connectivity index (χ3n) is 3.26. The van der Waals surface area contributed by atoms with Crippen molar-refractivity contribution in [1.29, 1.82) is 0 Å². The van der Waals surface area contributed by atoms with Crippen molar-refractivity contribution in [1.82, 2.24) is 0 Å². The van der Waals surface area contributed by atoms with Crippen molar-refractivity contribution in [3.63, 3.8) is 0 Å². The number of benzene rings is 2. The second-order valence-electron chi connectivity index (χ2n) is 5.29. The fourth-order valence-electron chi connectivity index (χ4n) is 2.01. The maximum absolute atomic E-state index is 5.93. The number of hydrogen-bond donors (Lipinski definition) is 2. The summed E-state index contributed by atoms with van der Waals surface area (Å²) in [5, 5.41) is 3.42. The minimum absolute atomic E-state index is 0.105. The first-order valence-electron chi connectivity index (χ1n) is 6.87. The molecule has 3 nitrogen and oxygen atoms in total. The Labute approximate surface area is 120 Å². The highest BCUT2D eigenvalue weighted by Crippen LogP contribution is 2.29. The Kier molecular flexibility index (Phi) is 4.18. The number of nitrogens with one attached hydrogen (secondary N) is 1. The van der Waals surface area contributed by atoms with E-state index < -0.39 is 0 Å². The lowest BCUT2D eigenvalue weighted by Gasteiger charge is -2.15.